The summed E-state index contributed by atoms with van der Waals surface area (Å²) in [6.45, 7) is 5.20. The molecule has 0 aromatic rings. The largest absolute Gasteiger partial charge is 0.382 e. The van der Waals surface area contributed by atoms with Crippen LogP contribution in [-0.4, -0.2) is 56.5 Å². The summed E-state index contributed by atoms with van der Waals surface area (Å²) >= 11 is 0. The monoisotopic (exact) mass is 244 g/mol. The first-order valence-electron chi connectivity index (χ1n) is 6.26. The maximum Gasteiger partial charge on any atom is 0.241 e. The number of hydrogen-bond donors (Lipinski definition) is 1. The summed E-state index contributed by atoms with van der Waals surface area (Å²) in [4.78, 5) is 14.0. The van der Waals surface area contributed by atoms with Crippen LogP contribution in [0.25, 0.3) is 0 Å². The Morgan fingerprint density at radius 2 is 2.06 bits per heavy atom. The third kappa shape index (κ3) is 3.40. The van der Waals surface area contributed by atoms with E-state index in [2.05, 4.69) is 12.2 Å². The number of methoxy groups -OCH3 is 2. The summed E-state index contributed by atoms with van der Waals surface area (Å²) < 4.78 is 10.4. The first-order valence-corrected chi connectivity index (χ1v) is 6.26. The Labute approximate surface area is 103 Å². The second kappa shape index (κ2) is 6.93. The van der Waals surface area contributed by atoms with Gasteiger partial charge in [-0.05, 0) is 12.8 Å². The Morgan fingerprint density at radius 3 is 2.53 bits per heavy atom. The smallest absolute Gasteiger partial charge is 0.241 e. The van der Waals surface area contributed by atoms with Gasteiger partial charge in [-0.3, -0.25) is 10.1 Å². The molecular weight excluding hydrogens is 220 g/mol. The fourth-order valence-electron chi connectivity index (χ4n) is 2.20. The molecule has 3 unspecified atom stereocenters. The standard InChI is InChI=1S/C12H24N2O3/c1-5-10-12(15)14(11(6-2)13-10)7-9(17-4)8-16-3/h9-11,13H,5-8H2,1-4H3. The molecule has 5 nitrogen and oxygen atoms in total. The van der Waals surface area contributed by atoms with E-state index in [1.807, 2.05) is 11.8 Å². The van der Waals surface area contributed by atoms with E-state index in [0.717, 1.165) is 12.8 Å². The molecule has 0 spiro atoms. The van der Waals surface area contributed by atoms with E-state index in [0.29, 0.717) is 13.2 Å². The third-order valence-corrected chi connectivity index (χ3v) is 3.23. The van der Waals surface area contributed by atoms with Crippen LogP contribution in [0, 0.1) is 0 Å². The lowest BCUT2D eigenvalue weighted by Crippen LogP contribution is -2.43. The second-order valence-electron chi connectivity index (χ2n) is 4.36. The molecule has 0 aliphatic carbocycles. The Bertz CT molecular complexity index is 248. The number of carbonyl (C=O) groups is 1. The van der Waals surface area contributed by atoms with Crippen LogP contribution in [0.1, 0.15) is 26.7 Å². The summed E-state index contributed by atoms with van der Waals surface area (Å²) in [6, 6.07) is -0.0417. The number of nitrogens with zero attached hydrogens (tertiary/aromatic N) is 1. The zero-order valence-corrected chi connectivity index (χ0v) is 11.2. The van der Waals surface area contributed by atoms with E-state index in [1.54, 1.807) is 14.2 Å². The molecule has 0 saturated carbocycles. The molecule has 1 aliphatic heterocycles. The second-order valence-corrected chi connectivity index (χ2v) is 4.36. The number of amides is 1. The van der Waals surface area contributed by atoms with E-state index < -0.39 is 0 Å². The van der Waals surface area contributed by atoms with Gasteiger partial charge in [-0.25, -0.2) is 0 Å². The molecule has 0 radical (unpaired) electrons. The predicted octanol–water partition coefficient (Wildman–Crippen LogP) is 0.594. The molecule has 1 aliphatic rings. The summed E-state index contributed by atoms with van der Waals surface area (Å²) in [5.74, 6) is 0.178. The Morgan fingerprint density at radius 1 is 1.35 bits per heavy atom. The number of carbonyl (C=O) groups excluding carboxylic acids is 1. The molecule has 1 rings (SSSR count). The van der Waals surface area contributed by atoms with E-state index in [1.165, 1.54) is 0 Å². The predicted molar refractivity (Wildman–Crippen MR) is 65.7 cm³/mol. The average Bonchev–Trinajstić information content (AvgIpc) is 2.65. The molecule has 0 aromatic carbocycles. The molecule has 3 atom stereocenters. The van der Waals surface area contributed by atoms with Crippen LogP contribution in [-0.2, 0) is 14.3 Å². The maximum atomic E-state index is 12.1. The fourth-order valence-corrected chi connectivity index (χ4v) is 2.20. The van der Waals surface area contributed by atoms with Crippen LogP contribution in [0.15, 0.2) is 0 Å². The van der Waals surface area contributed by atoms with Gasteiger partial charge < -0.3 is 14.4 Å². The molecule has 100 valence electrons. The molecule has 1 fully saturated rings. The number of hydrogen-bond acceptors (Lipinski definition) is 4. The molecular formula is C12H24N2O3. The fraction of sp³-hybridized carbons (Fsp3) is 0.917. The summed E-state index contributed by atoms with van der Waals surface area (Å²) in [5, 5.41) is 3.34. The van der Waals surface area contributed by atoms with Crippen LogP contribution in [0.4, 0.5) is 0 Å². The minimum Gasteiger partial charge on any atom is -0.382 e. The van der Waals surface area contributed by atoms with Crippen molar-refractivity contribution in [2.45, 2.75) is 45.0 Å². The average molecular weight is 244 g/mol. The molecule has 1 amide bonds. The third-order valence-electron chi connectivity index (χ3n) is 3.23. The Balaban J connectivity index is 2.63. The molecule has 1 N–H and O–H groups in total. The minimum absolute atomic E-state index is 0.0417. The van der Waals surface area contributed by atoms with Crippen molar-refractivity contribution in [3.8, 4) is 0 Å². The first-order chi connectivity index (χ1) is 8.17. The van der Waals surface area contributed by atoms with Crippen molar-refractivity contribution in [2.75, 3.05) is 27.4 Å². The van der Waals surface area contributed by atoms with Crippen LogP contribution >= 0.6 is 0 Å². The van der Waals surface area contributed by atoms with Crippen LogP contribution in [0.2, 0.25) is 0 Å². The van der Waals surface area contributed by atoms with Gasteiger partial charge in [0.1, 0.15) is 0 Å². The van der Waals surface area contributed by atoms with Gasteiger partial charge in [-0.1, -0.05) is 13.8 Å². The summed E-state index contributed by atoms with van der Waals surface area (Å²) in [6.07, 6.45) is 1.80. The van der Waals surface area contributed by atoms with Gasteiger partial charge in [0.2, 0.25) is 5.91 Å². The number of ether oxygens (including phenoxy) is 2. The molecule has 1 heterocycles. The van der Waals surface area contributed by atoms with Gasteiger partial charge in [-0.2, -0.15) is 0 Å². The van der Waals surface area contributed by atoms with E-state index in [-0.39, 0.29) is 24.2 Å². The van der Waals surface area contributed by atoms with Gasteiger partial charge in [-0.15, -0.1) is 0 Å². The van der Waals surface area contributed by atoms with Crippen LogP contribution in [0.3, 0.4) is 0 Å². The van der Waals surface area contributed by atoms with Gasteiger partial charge in [0.15, 0.2) is 0 Å². The molecule has 5 heteroatoms. The lowest BCUT2D eigenvalue weighted by molar-refractivity contribution is -0.132. The van der Waals surface area contributed by atoms with Gasteiger partial charge in [0.25, 0.3) is 0 Å². The molecule has 17 heavy (non-hydrogen) atoms. The molecule has 1 saturated heterocycles. The van der Waals surface area contributed by atoms with Crippen molar-refractivity contribution in [1.82, 2.24) is 10.2 Å². The topological polar surface area (TPSA) is 50.8 Å². The van der Waals surface area contributed by atoms with E-state index in [9.17, 15) is 4.79 Å². The zero-order valence-electron chi connectivity index (χ0n) is 11.2. The van der Waals surface area contributed by atoms with E-state index in [4.69, 9.17) is 9.47 Å². The van der Waals surface area contributed by atoms with Crippen molar-refractivity contribution < 1.29 is 14.3 Å². The molecule has 0 bridgehead atoms. The van der Waals surface area contributed by atoms with Crippen molar-refractivity contribution in [1.29, 1.82) is 0 Å². The quantitative estimate of drug-likeness (QED) is 0.712. The Kier molecular flexibility index (Phi) is 5.88. The van der Waals surface area contributed by atoms with Crippen molar-refractivity contribution >= 4 is 5.91 Å². The number of rotatable bonds is 7. The normalized spacial score (nSPS) is 26.6. The van der Waals surface area contributed by atoms with Gasteiger partial charge >= 0.3 is 0 Å². The highest BCUT2D eigenvalue weighted by molar-refractivity contribution is 5.84. The van der Waals surface area contributed by atoms with Gasteiger partial charge in [0, 0.05) is 14.2 Å². The van der Waals surface area contributed by atoms with E-state index >= 15 is 0 Å². The van der Waals surface area contributed by atoms with Crippen LogP contribution in [0.5, 0.6) is 0 Å². The lowest BCUT2D eigenvalue weighted by atomic mass is 10.2. The summed E-state index contributed by atoms with van der Waals surface area (Å²) in [7, 11) is 3.29. The highest BCUT2D eigenvalue weighted by Gasteiger charge is 2.37. The molecule has 0 aromatic heterocycles. The summed E-state index contributed by atoms with van der Waals surface area (Å²) in [5.41, 5.74) is 0. The van der Waals surface area contributed by atoms with Gasteiger partial charge in [0.05, 0.1) is 31.5 Å². The lowest BCUT2D eigenvalue weighted by Gasteiger charge is -2.27. The van der Waals surface area contributed by atoms with Crippen molar-refractivity contribution in [3.05, 3.63) is 0 Å². The SMILES string of the molecule is CCC1NC(CC)N(CC(COC)OC)C1=O. The first kappa shape index (κ1) is 14.4. The zero-order chi connectivity index (χ0) is 12.8. The Hall–Kier alpha value is -0.650. The highest BCUT2D eigenvalue weighted by atomic mass is 16.5. The van der Waals surface area contributed by atoms with Crippen LogP contribution < -0.4 is 5.32 Å². The van der Waals surface area contributed by atoms with Crippen molar-refractivity contribution in [2.24, 2.45) is 0 Å². The number of nitrogens with one attached hydrogen (secondary N) is 1. The highest BCUT2D eigenvalue weighted by Crippen LogP contribution is 2.16. The minimum atomic E-state index is -0.0598. The van der Waals surface area contributed by atoms with Crippen molar-refractivity contribution in [3.63, 3.8) is 0 Å². The maximum absolute atomic E-state index is 12.1.